The highest BCUT2D eigenvalue weighted by Gasteiger charge is 2.54. The van der Waals surface area contributed by atoms with Gasteiger partial charge in [-0.1, -0.05) is 12.2 Å². The molecule has 0 aliphatic carbocycles. The second kappa shape index (κ2) is 14.5. The van der Waals surface area contributed by atoms with Crippen molar-refractivity contribution in [2.24, 2.45) is 0 Å². The highest BCUT2D eigenvalue weighted by atomic mass is 32.7. The first-order valence-corrected chi connectivity index (χ1v) is 20.6. The van der Waals surface area contributed by atoms with Gasteiger partial charge in [0.2, 0.25) is 0 Å². The minimum absolute atomic E-state index is 0.0193. The van der Waals surface area contributed by atoms with Crippen LogP contribution in [0.3, 0.4) is 0 Å². The number of ether oxygens (including phenoxy) is 3. The predicted molar refractivity (Wildman–Crippen MR) is 181 cm³/mol. The van der Waals surface area contributed by atoms with E-state index in [1.54, 1.807) is 7.05 Å². The summed E-state index contributed by atoms with van der Waals surface area (Å²) in [6.45, 7) is -9.19. The number of aliphatic hydroxyl groups excluding tert-OH is 1. The number of aliphatic hydroxyl groups is 1. The number of rotatable bonds is 7. The molecule has 7 rings (SSSR count). The van der Waals surface area contributed by atoms with Crippen LogP contribution in [-0.4, -0.2) is 118 Å². The van der Waals surface area contributed by atoms with E-state index < -0.39 is 81.8 Å². The van der Waals surface area contributed by atoms with Crippen LogP contribution in [0.2, 0.25) is 0 Å². The van der Waals surface area contributed by atoms with Crippen LogP contribution in [0, 0.1) is 0 Å². The number of anilines is 2. The standard InChI is InChI=1S/C25H33N11O11P2S2/c1-28-4-2-3-13(37)45-19-17-12(44-25(19)36-10-34-15-21(27)30-8-32-23(15)36)6-42-49(40,51)47-18-16(38)11(5-41-48(39,50)46-17)43-24(18)35-9-33-14-20(26)29-7-31-22(14)35/h7-12,16-19,24-25,28,38H,2-6H2,1H3,(H,39,50)(H,40,51)(H2,26,29,31)(H2,27,30,32)/t11-,12-,16-,17-,18-,19-,24-,25-,48?,49?/m1/s1. The fourth-order valence-electron chi connectivity index (χ4n) is 5.95. The molecule has 51 heavy (non-hydrogen) atoms. The molecule has 4 aromatic rings. The van der Waals surface area contributed by atoms with Gasteiger partial charge >= 0.3 is 19.5 Å². The Bertz CT molecular complexity index is 2030. The molecule has 26 heteroatoms. The number of carbonyl (C=O) groups is 1. The molecule has 0 saturated carbocycles. The van der Waals surface area contributed by atoms with E-state index in [9.17, 15) is 19.4 Å². The van der Waals surface area contributed by atoms with Gasteiger partial charge in [-0.05, 0) is 31.8 Å². The lowest BCUT2D eigenvalue weighted by atomic mass is 10.1. The number of carbonyl (C=O) groups excluding carboxylic acids is 1. The van der Waals surface area contributed by atoms with Crippen molar-refractivity contribution >= 4 is 77.5 Å². The van der Waals surface area contributed by atoms with Gasteiger partial charge in [0.1, 0.15) is 54.2 Å². The fourth-order valence-corrected chi connectivity index (χ4v) is 8.85. The molecule has 3 fully saturated rings. The maximum absolute atomic E-state index is 13.8. The van der Waals surface area contributed by atoms with Gasteiger partial charge in [0.25, 0.3) is 0 Å². The number of nitrogen functional groups attached to an aromatic ring is 2. The number of nitrogens with one attached hydrogen (secondary N) is 1. The van der Waals surface area contributed by atoms with Crippen molar-refractivity contribution in [3.05, 3.63) is 25.3 Å². The minimum atomic E-state index is -4.38. The Morgan fingerprint density at radius 2 is 1.59 bits per heavy atom. The van der Waals surface area contributed by atoms with Gasteiger partial charge in [0, 0.05) is 6.42 Å². The molecule has 0 amide bonds. The van der Waals surface area contributed by atoms with Crippen LogP contribution >= 0.6 is 25.8 Å². The third kappa shape index (κ3) is 7.34. The summed E-state index contributed by atoms with van der Waals surface area (Å²) in [5.41, 5.74) is 12.9. The molecular weight excluding hydrogens is 756 g/mol. The van der Waals surface area contributed by atoms with Crippen LogP contribution in [0.15, 0.2) is 25.3 Å². The van der Waals surface area contributed by atoms with E-state index in [2.05, 4.69) is 47.5 Å². The predicted octanol–water partition coefficient (Wildman–Crippen LogP) is -0.0304. The van der Waals surface area contributed by atoms with Crippen LogP contribution in [0.25, 0.3) is 22.3 Å². The summed E-state index contributed by atoms with van der Waals surface area (Å²) >= 11 is 9.57. The van der Waals surface area contributed by atoms with Gasteiger partial charge in [0.05, 0.1) is 25.9 Å². The highest BCUT2D eigenvalue weighted by Crippen LogP contribution is 2.58. The maximum Gasteiger partial charge on any atom is 0.386 e. The number of nitrogens with two attached hydrogens (primary N) is 2. The van der Waals surface area contributed by atoms with Crippen molar-refractivity contribution < 1.29 is 51.7 Å². The lowest BCUT2D eigenvalue weighted by Gasteiger charge is -2.28. The normalized spacial score (nSPS) is 34.5. The summed E-state index contributed by atoms with van der Waals surface area (Å²) < 4.78 is 58.1. The molecule has 2 unspecified atom stereocenters. The zero-order valence-corrected chi connectivity index (χ0v) is 30.0. The van der Waals surface area contributed by atoms with Crippen molar-refractivity contribution in [1.82, 2.24) is 44.4 Å². The average Bonchev–Trinajstić information content (AvgIpc) is 3.85. The number of fused-ring (bicyclic) bond motifs is 5. The van der Waals surface area contributed by atoms with Gasteiger partial charge < -0.3 is 45.5 Å². The zero-order chi connectivity index (χ0) is 36.1. The number of aromatic nitrogens is 8. The third-order valence-electron chi connectivity index (χ3n) is 8.31. The van der Waals surface area contributed by atoms with Crippen LogP contribution in [0.1, 0.15) is 25.3 Å². The molecule has 7 N–H and O–H groups in total. The van der Waals surface area contributed by atoms with E-state index in [1.807, 2.05) is 0 Å². The summed E-state index contributed by atoms with van der Waals surface area (Å²) in [6.07, 6.45) is -4.92. The lowest BCUT2D eigenvalue weighted by Crippen LogP contribution is -2.39. The molecule has 3 aliphatic heterocycles. The lowest BCUT2D eigenvalue weighted by molar-refractivity contribution is -0.158. The molecule has 10 atom stereocenters. The van der Waals surface area contributed by atoms with Crippen LogP contribution in [0.5, 0.6) is 0 Å². The van der Waals surface area contributed by atoms with Gasteiger partial charge in [-0.15, -0.1) is 0 Å². The average molecular weight is 790 g/mol. The smallest absolute Gasteiger partial charge is 0.386 e. The molecule has 3 saturated heterocycles. The molecule has 22 nitrogen and oxygen atoms in total. The van der Waals surface area contributed by atoms with Crippen LogP contribution in [-0.2, 0) is 53.5 Å². The molecule has 0 spiro atoms. The van der Waals surface area contributed by atoms with E-state index in [1.165, 1.54) is 34.4 Å². The second-order valence-corrected chi connectivity index (χ2v) is 17.3. The molecule has 276 valence electrons. The molecule has 4 aromatic heterocycles. The Labute approximate surface area is 298 Å². The largest absolute Gasteiger partial charge is 0.455 e. The van der Waals surface area contributed by atoms with Crippen LogP contribution in [0.4, 0.5) is 11.6 Å². The van der Waals surface area contributed by atoms with E-state index in [4.69, 9.17) is 55.6 Å². The van der Waals surface area contributed by atoms with Crippen molar-refractivity contribution in [3.8, 4) is 0 Å². The maximum atomic E-state index is 13.8. The number of hydrogen-bond acceptors (Lipinski definition) is 20. The van der Waals surface area contributed by atoms with Crippen molar-refractivity contribution in [1.29, 1.82) is 0 Å². The SMILES string of the molecule is CNCCCC(=O)O[C@@H]1[C@@H]2OP(O)(=S)OC[C@H]3O[C@@H](n4cnc5c(N)ncnc54)[C@H](OP(=O)(S)OC[C@H]2O[C@H]1n1cnc2c(N)ncnc21)[C@@H]3O. The molecule has 3 aliphatic rings. The summed E-state index contributed by atoms with van der Waals surface area (Å²) in [6, 6.07) is 0. The van der Waals surface area contributed by atoms with E-state index in [0.29, 0.717) is 13.0 Å². The topological polar surface area (TPSA) is 290 Å². The molecule has 2 bridgehead atoms. The summed E-state index contributed by atoms with van der Waals surface area (Å²) in [4.78, 5) is 49.3. The Hall–Kier alpha value is -2.96. The first-order chi connectivity index (χ1) is 24.4. The molecule has 0 radical (unpaired) electrons. The Morgan fingerprint density at radius 1 is 0.980 bits per heavy atom. The van der Waals surface area contributed by atoms with Gasteiger partial charge in [-0.25, -0.2) is 34.5 Å². The van der Waals surface area contributed by atoms with E-state index >= 15 is 0 Å². The Kier molecular flexibility index (Phi) is 10.3. The molecule has 0 aromatic carbocycles. The number of hydrogen-bond donors (Lipinski definition) is 6. The molecule has 7 heterocycles. The number of imidazole rings is 2. The van der Waals surface area contributed by atoms with Gasteiger partial charge in [-0.3, -0.25) is 27.5 Å². The Morgan fingerprint density at radius 3 is 2.24 bits per heavy atom. The quantitative estimate of drug-likeness (QED) is 0.0620. The van der Waals surface area contributed by atoms with Crippen molar-refractivity contribution in [2.45, 2.75) is 61.9 Å². The zero-order valence-electron chi connectivity index (χ0n) is 26.5. The van der Waals surface area contributed by atoms with Gasteiger partial charge in [0.15, 0.2) is 41.5 Å². The third-order valence-corrected chi connectivity index (χ3v) is 11.5. The van der Waals surface area contributed by atoms with Crippen LogP contribution < -0.4 is 16.8 Å². The van der Waals surface area contributed by atoms with Crippen molar-refractivity contribution in [2.75, 3.05) is 38.3 Å². The number of thiol groups is 1. The minimum Gasteiger partial charge on any atom is -0.455 e. The summed E-state index contributed by atoms with van der Waals surface area (Å²) in [7, 11) is 1.74. The number of esters is 1. The van der Waals surface area contributed by atoms with E-state index in [0.717, 1.165) is 0 Å². The van der Waals surface area contributed by atoms with E-state index in [-0.39, 0.29) is 40.4 Å². The summed E-state index contributed by atoms with van der Waals surface area (Å²) in [5, 5.41) is 14.3. The molecular formula is C25H33N11O11P2S2. The highest BCUT2D eigenvalue weighted by molar-refractivity contribution is 8.44. The first-order valence-electron chi connectivity index (χ1n) is 15.4. The number of nitrogens with zero attached hydrogens (tertiary/aromatic N) is 8. The van der Waals surface area contributed by atoms with Gasteiger partial charge in [-0.2, -0.15) is 0 Å². The van der Waals surface area contributed by atoms with Crippen molar-refractivity contribution in [3.63, 3.8) is 0 Å². The Balaban J connectivity index is 1.22. The second-order valence-electron chi connectivity index (χ2n) is 11.6. The monoisotopic (exact) mass is 789 g/mol. The fraction of sp³-hybridized carbons (Fsp3) is 0.560. The first kappa shape index (κ1) is 36.4. The summed E-state index contributed by atoms with van der Waals surface area (Å²) in [5.74, 6) is -0.447.